The number of rotatable bonds is 23. The maximum Gasteiger partial charge on any atom is 0.328 e. The predicted octanol–water partition coefficient (Wildman–Crippen LogP) is 7.22. The highest BCUT2D eigenvalue weighted by atomic mass is 16.5. The molecule has 1 amide bonds. The van der Waals surface area contributed by atoms with Gasteiger partial charge in [0.25, 0.3) is 0 Å². The van der Waals surface area contributed by atoms with Crippen LogP contribution in [0, 0.1) is 0 Å². The standard InChI is InChI=1S/C32H56N2O3/c1-5-6-7-8-9-13-16-22-27-37-32(36)30(28-29-23-18-17-19-24-29)33-31(35)25-20-14-11-10-12-15-21-26-34(2,3)4/h17-19,23-24,30H,5-16,20-22,25-28H2,1-4H3/p+1. The van der Waals surface area contributed by atoms with E-state index in [2.05, 4.69) is 33.4 Å². The van der Waals surface area contributed by atoms with Crippen molar-refractivity contribution < 1.29 is 18.8 Å². The number of carbonyl (C=O) groups excluding carboxylic acids is 2. The SMILES string of the molecule is CCCCCCCCCCOC(=O)C(Cc1ccccc1)NC(=O)CCCCCCCCC[N+](C)(C)C. The summed E-state index contributed by atoms with van der Waals surface area (Å²) < 4.78 is 6.61. The monoisotopic (exact) mass is 517 g/mol. The summed E-state index contributed by atoms with van der Waals surface area (Å²) in [5.41, 5.74) is 1.03. The molecule has 0 spiro atoms. The van der Waals surface area contributed by atoms with Crippen molar-refractivity contribution in [3.8, 4) is 0 Å². The van der Waals surface area contributed by atoms with E-state index in [1.165, 1.54) is 77.2 Å². The van der Waals surface area contributed by atoms with Crippen molar-refractivity contribution in [3.05, 3.63) is 35.9 Å². The van der Waals surface area contributed by atoms with E-state index >= 15 is 0 Å². The lowest BCUT2D eigenvalue weighted by atomic mass is 10.0. The minimum atomic E-state index is -0.620. The highest BCUT2D eigenvalue weighted by Gasteiger charge is 2.22. The zero-order valence-corrected chi connectivity index (χ0v) is 24.6. The Kier molecular flexibility index (Phi) is 18.9. The quantitative estimate of drug-likeness (QED) is 0.0947. The molecule has 1 aromatic rings. The second-order valence-electron chi connectivity index (χ2n) is 11.7. The second kappa shape index (κ2) is 21.1. The first-order chi connectivity index (χ1) is 17.8. The number of unbranched alkanes of at least 4 members (excludes halogenated alkanes) is 13. The average Bonchev–Trinajstić information content (AvgIpc) is 2.86. The van der Waals surface area contributed by atoms with Gasteiger partial charge in [-0.25, -0.2) is 4.79 Å². The van der Waals surface area contributed by atoms with Gasteiger partial charge < -0.3 is 14.5 Å². The van der Waals surface area contributed by atoms with E-state index in [9.17, 15) is 9.59 Å². The van der Waals surface area contributed by atoms with Crippen LogP contribution in [0.3, 0.4) is 0 Å². The molecule has 0 saturated heterocycles. The lowest BCUT2D eigenvalue weighted by Gasteiger charge is -2.23. The molecule has 1 rings (SSSR count). The minimum Gasteiger partial charge on any atom is -0.464 e. The lowest BCUT2D eigenvalue weighted by molar-refractivity contribution is -0.870. The van der Waals surface area contributed by atoms with E-state index in [4.69, 9.17) is 4.74 Å². The van der Waals surface area contributed by atoms with Crippen LogP contribution in [-0.4, -0.2) is 56.7 Å². The molecule has 5 nitrogen and oxygen atoms in total. The summed E-state index contributed by atoms with van der Waals surface area (Å²) in [5.74, 6) is -0.359. The zero-order chi connectivity index (χ0) is 27.2. The first-order valence-electron chi connectivity index (χ1n) is 15.1. The molecule has 0 aliphatic carbocycles. The van der Waals surface area contributed by atoms with E-state index < -0.39 is 6.04 Å². The fraction of sp³-hybridized carbons (Fsp3) is 0.750. The number of carbonyl (C=O) groups is 2. The van der Waals surface area contributed by atoms with Crippen LogP contribution < -0.4 is 5.32 Å². The van der Waals surface area contributed by atoms with Gasteiger partial charge in [-0.1, -0.05) is 108 Å². The molecular weight excluding hydrogens is 460 g/mol. The van der Waals surface area contributed by atoms with Crippen LogP contribution in [0.5, 0.6) is 0 Å². The Morgan fingerprint density at radius 2 is 1.30 bits per heavy atom. The van der Waals surface area contributed by atoms with Crippen molar-refractivity contribution in [1.82, 2.24) is 5.32 Å². The van der Waals surface area contributed by atoms with Crippen molar-refractivity contribution in [2.24, 2.45) is 0 Å². The van der Waals surface area contributed by atoms with Crippen LogP contribution in [0.2, 0.25) is 0 Å². The van der Waals surface area contributed by atoms with Gasteiger partial charge in [-0.2, -0.15) is 0 Å². The molecule has 0 radical (unpaired) electrons. The van der Waals surface area contributed by atoms with Crippen LogP contribution in [0.4, 0.5) is 0 Å². The van der Waals surface area contributed by atoms with Crippen molar-refractivity contribution in [1.29, 1.82) is 0 Å². The number of quaternary nitrogens is 1. The summed E-state index contributed by atoms with van der Waals surface area (Å²) in [6, 6.07) is 9.24. The van der Waals surface area contributed by atoms with E-state index in [0.717, 1.165) is 35.7 Å². The Hall–Kier alpha value is -1.88. The molecule has 212 valence electrons. The number of hydrogen-bond donors (Lipinski definition) is 1. The van der Waals surface area contributed by atoms with Gasteiger partial charge in [-0.15, -0.1) is 0 Å². The van der Waals surface area contributed by atoms with Gasteiger partial charge in [0.2, 0.25) is 5.91 Å². The van der Waals surface area contributed by atoms with Crippen molar-refractivity contribution in [2.45, 2.75) is 122 Å². The molecule has 5 heteroatoms. The summed E-state index contributed by atoms with van der Waals surface area (Å²) in [6.07, 6.45) is 18.8. The Bertz CT molecular complexity index is 700. The molecule has 0 fully saturated rings. The Morgan fingerprint density at radius 3 is 1.89 bits per heavy atom. The van der Waals surface area contributed by atoms with Gasteiger partial charge >= 0.3 is 5.97 Å². The van der Waals surface area contributed by atoms with Gasteiger partial charge in [-0.3, -0.25) is 4.79 Å². The van der Waals surface area contributed by atoms with Gasteiger partial charge in [0.1, 0.15) is 6.04 Å². The smallest absolute Gasteiger partial charge is 0.328 e. The Labute approximate surface area is 228 Å². The molecular formula is C32H57N2O3+. The molecule has 0 bridgehead atoms. The molecule has 1 unspecified atom stereocenters. The maximum atomic E-state index is 12.8. The topological polar surface area (TPSA) is 55.4 Å². The van der Waals surface area contributed by atoms with E-state index in [0.29, 0.717) is 19.4 Å². The first kappa shape index (κ1) is 33.1. The third kappa shape index (κ3) is 19.8. The normalized spacial score (nSPS) is 12.3. The first-order valence-corrected chi connectivity index (χ1v) is 15.1. The van der Waals surface area contributed by atoms with Crippen molar-refractivity contribution in [3.63, 3.8) is 0 Å². The number of benzene rings is 1. The maximum absolute atomic E-state index is 12.8. The lowest BCUT2D eigenvalue weighted by Crippen LogP contribution is -2.43. The molecule has 0 saturated carbocycles. The summed E-state index contributed by atoms with van der Waals surface area (Å²) in [7, 11) is 6.73. The summed E-state index contributed by atoms with van der Waals surface area (Å²) >= 11 is 0. The Balaban J connectivity index is 2.29. The molecule has 0 aromatic heterocycles. The predicted molar refractivity (Wildman–Crippen MR) is 155 cm³/mol. The van der Waals surface area contributed by atoms with E-state index in [-0.39, 0.29) is 11.9 Å². The van der Waals surface area contributed by atoms with Crippen molar-refractivity contribution >= 4 is 11.9 Å². The second-order valence-corrected chi connectivity index (χ2v) is 11.7. The van der Waals surface area contributed by atoms with Crippen LogP contribution in [0.25, 0.3) is 0 Å². The third-order valence-electron chi connectivity index (χ3n) is 6.88. The zero-order valence-electron chi connectivity index (χ0n) is 24.6. The molecule has 1 atom stereocenters. The molecule has 1 aromatic carbocycles. The number of ether oxygens (including phenoxy) is 1. The van der Waals surface area contributed by atoms with E-state index in [1.54, 1.807) is 0 Å². The number of nitrogens with zero attached hydrogens (tertiary/aromatic N) is 1. The van der Waals surface area contributed by atoms with Gasteiger partial charge in [0.05, 0.1) is 34.3 Å². The average molecular weight is 518 g/mol. The van der Waals surface area contributed by atoms with Crippen LogP contribution in [-0.2, 0) is 20.7 Å². The molecule has 0 heterocycles. The third-order valence-corrected chi connectivity index (χ3v) is 6.88. The van der Waals surface area contributed by atoms with Crippen LogP contribution in [0.15, 0.2) is 30.3 Å². The van der Waals surface area contributed by atoms with Crippen molar-refractivity contribution in [2.75, 3.05) is 34.3 Å². The number of nitrogens with one attached hydrogen (secondary N) is 1. The largest absolute Gasteiger partial charge is 0.464 e. The van der Waals surface area contributed by atoms with Crippen LogP contribution >= 0.6 is 0 Å². The Morgan fingerprint density at radius 1 is 0.757 bits per heavy atom. The highest BCUT2D eigenvalue weighted by Crippen LogP contribution is 2.12. The van der Waals surface area contributed by atoms with Gasteiger partial charge in [0.15, 0.2) is 0 Å². The summed E-state index contributed by atoms with van der Waals surface area (Å²) in [5, 5.41) is 2.96. The molecule has 37 heavy (non-hydrogen) atoms. The fourth-order valence-corrected chi connectivity index (χ4v) is 4.57. The highest BCUT2D eigenvalue weighted by molar-refractivity contribution is 5.84. The van der Waals surface area contributed by atoms with E-state index in [1.807, 2.05) is 30.3 Å². The number of hydrogen-bond acceptors (Lipinski definition) is 3. The summed E-state index contributed by atoms with van der Waals surface area (Å²) in [4.78, 5) is 25.4. The molecule has 0 aliphatic heterocycles. The summed E-state index contributed by atoms with van der Waals surface area (Å²) in [6.45, 7) is 3.90. The number of amides is 1. The molecule has 1 N–H and O–H groups in total. The van der Waals surface area contributed by atoms with Gasteiger partial charge in [0, 0.05) is 12.8 Å². The molecule has 0 aliphatic rings. The fourth-order valence-electron chi connectivity index (χ4n) is 4.57. The number of esters is 1. The van der Waals surface area contributed by atoms with Gasteiger partial charge in [-0.05, 0) is 31.2 Å². The minimum absolute atomic E-state index is 0.0482. The van der Waals surface area contributed by atoms with Crippen LogP contribution in [0.1, 0.15) is 115 Å².